The molecule has 1 aromatic heterocycles. The van der Waals surface area contributed by atoms with E-state index in [0.29, 0.717) is 11.4 Å². The summed E-state index contributed by atoms with van der Waals surface area (Å²) in [7, 11) is 0. The third-order valence-electron chi connectivity index (χ3n) is 3.07. The number of rotatable bonds is 5. The normalized spacial score (nSPS) is 10.1. The molecule has 5 heteroatoms. The van der Waals surface area contributed by atoms with Crippen molar-refractivity contribution in [3.63, 3.8) is 0 Å². The molecule has 0 spiro atoms. The van der Waals surface area contributed by atoms with E-state index in [1.165, 1.54) is 0 Å². The van der Waals surface area contributed by atoms with E-state index < -0.39 is 0 Å². The lowest BCUT2D eigenvalue weighted by Gasteiger charge is -2.07. The monoisotopic (exact) mass is 297 g/mol. The minimum Gasteiger partial charge on any atom is -0.352 e. The number of nitrogens with one attached hydrogen (secondary N) is 2. The average Bonchev–Trinajstić information content (AvgIpc) is 2.47. The van der Waals surface area contributed by atoms with E-state index in [0.717, 1.165) is 11.3 Å². The molecular weight excluding hydrogens is 278 g/mol. The second-order valence-electron chi connectivity index (χ2n) is 5.09. The summed E-state index contributed by atoms with van der Waals surface area (Å²) in [6.45, 7) is 4.07. The zero-order valence-electron chi connectivity index (χ0n) is 12.7. The number of pyridine rings is 1. The summed E-state index contributed by atoms with van der Waals surface area (Å²) in [4.78, 5) is 27.9. The number of aromatic nitrogens is 1. The second-order valence-corrected chi connectivity index (χ2v) is 5.09. The molecule has 0 aliphatic carbocycles. The number of hydrogen-bond acceptors (Lipinski definition) is 3. The van der Waals surface area contributed by atoms with Crippen LogP contribution in [0, 0.1) is 13.8 Å². The third-order valence-corrected chi connectivity index (χ3v) is 3.07. The van der Waals surface area contributed by atoms with Gasteiger partial charge in [-0.2, -0.15) is 0 Å². The standard InChI is InChI=1S/C17H19N3O2/c1-12-5-3-7-14(11-12)17(22)18-10-9-16(21)20-15-8-4-6-13(2)19-15/h3-8,11H,9-10H2,1-2H3,(H,18,22)(H,19,20,21). The molecule has 1 aromatic carbocycles. The molecule has 0 unspecified atom stereocenters. The molecule has 0 fully saturated rings. The number of carbonyl (C=O) groups excluding carboxylic acids is 2. The largest absolute Gasteiger partial charge is 0.352 e. The van der Waals surface area contributed by atoms with E-state index in [9.17, 15) is 9.59 Å². The predicted molar refractivity (Wildman–Crippen MR) is 85.7 cm³/mol. The Morgan fingerprint density at radius 2 is 1.86 bits per heavy atom. The lowest BCUT2D eigenvalue weighted by molar-refractivity contribution is -0.116. The SMILES string of the molecule is Cc1cccc(C(=O)NCCC(=O)Nc2cccc(C)n2)c1. The van der Waals surface area contributed by atoms with Crippen molar-refractivity contribution in [3.05, 3.63) is 59.3 Å². The predicted octanol–water partition coefficient (Wildman–Crippen LogP) is 2.46. The fourth-order valence-corrected chi connectivity index (χ4v) is 2.00. The van der Waals surface area contributed by atoms with Gasteiger partial charge in [0.15, 0.2) is 0 Å². The van der Waals surface area contributed by atoms with E-state index >= 15 is 0 Å². The first kappa shape index (κ1) is 15.7. The molecule has 0 atom stereocenters. The van der Waals surface area contributed by atoms with Crippen LogP contribution in [0.5, 0.6) is 0 Å². The Balaban J connectivity index is 1.78. The van der Waals surface area contributed by atoms with Crippen molar-refractivity contribution in [2.45, 2.75) is 20.3 Å². The van der Waals surface area contributed by atoms with Crippen LogP contribution in [0.4, 0.5) is 5.82 Å². The summed E-state index contributed by atoms with van der Waals surface area (Å²) in [6.07, 6.45) is 0.202. The van der Waals surface area contributed by atoms with Crippen LogP contribution < -0.4 is 10.6 Å². The smallest absolute Gasteiger partial charge is 0.251 e. The molecule has 114 valence electrons. The van der Waals surface area contributed by atoms with Crippen LogP contribution >= 0.6 is 0 Å². The van der Waals surface area contributed by atoms with Crippen molar-refractivity contribution in [3.8, 4) is 0 Å². The zero-order valence-corrected chi connectivity index (χ0v) is 12.7. The molecule has 2 amide bonds. The fourth-order valence-electron chi connectivity index (χ4n) is 2.00. The van der Waals surface area contributed by atoms with Crippen molar-refractivity contribution < 1.29 is 9.59 Å². The molecule has 0 aliphatic heterocycles. The summed E-state index contributed by atoms with van der Waals surface area (Å²) in [5, 5.41) is 5.44. The van der Waals surface area contributed by atoms with E-state index in [1.54, 1.807) is 12.1 Å². The summed E-state index contributed by atoms with van der Waals surface area (Å²) in [5.74, 6) is 0.169. The molecule has 0 saturated carbocycles. The van der Waals surface area contributed by atoms with E-state index in [2.05, 4.69) is 15.6 Å². The number of carbonyl (C=O) groups is 2. The van der Waals surface area contributed by atoms with Gasteiger partial charge in [0, 0.05) is 24.2 Å². The second kappa shape index (κ2) is 7.36. The Bertz CT molecular complexity index is 683. The van der Waals surface area contributed by atoms with Crippen LogP contribution in [0.2, 0.25) is 0 Å². The Morgan fingerprint density at radius 1 is 1.09 bits per heavy atom. The maximum absolute atomic E-state index is 11.9. The van der Waals surface area contributed by atoms with Crippen molar-refractivity contribution in [1.29, 1.82) is 0 Å². The van der Waals surface area contributed by atoms with Gasteiger partial charge in [0.05, 0.1) is 0 Å². The lowest BCUT2D eigenvalue weighted by Crippen LogP contribution is -2.27. The van der Waals surface area contributed by atoms with Gasteiger partial charge in [-0.15, -0.1) is 0 Å². The molecule has 2 aromatic rings. The molecule has 2 rings (SSSR count). The first-order valence-corrected chi connectivity index (χ1v) is 7.13. The van der Waals surface area contributed by atoms with Crippen LogP contribution in [0.3, 0.4) is 0 Å². The number of aryl methyl sites for hydroxylation is 2. The molecule has 0 saturated heterocycles. The molecule has 2 N–H and O–H groups in total. The first-order chi connectivity index (χ1) is 10.5. The van der Waals surface area contributed by atoms with E-state index in [1.807, 2.05) is 44.2 Å². The highest BCUT2D eigenvalue weighted by Gasteiger charge is 2.07. The molecule has 0 bridgehead atoms. The van der Waals surface area contributed by atoms with E-state index in [-0.39, 0.29) is 24.8 Å². The molecule has 1 heterocycles. The highest BCUT2D eigenvalue weighted by atomic mass is 16.2. The lowest BCUT2D eigenvalue weighted by atomic mass is 10.1. The molecule has 5 nitrogen and oxygen atoms in total. The van der Waals surface area contributed by atoms with Crippen LogP contribution in [0.15, 0.2) is 42.5 Å². The van der Waals surface area contributed by atoms with Crippen molar-refractivity contribution in [2.75, 3.05) is 11.9 Å². The zero-order chi connectivity index (χ0) is 15.9. The minimum absolute atomic E-state index is 0.176. The Kier molecular flexibility index (Phi) is 5.25. The van der Waals surface area contributed by atoms with Gasteiger partial charge in [-0.1, -0.05) is 23.8 Å². The number of anilines is 1. The topological polar surface area (TPSA) is 71.1 Å². The van der Waals surface area contributed by atoms with Gasteiger partial charge in [-0.25, -0.2) is 4.98 Å². The van der Waals surface area contributed by atoms with Gasteiger partial charge in [-0.05, 0) is 38.1 Å². The van der Waals surface area contributed by atoms with Crippen LogP contribution in [-0.2, 0) is 4.79 Å². The Labute approximate surface area is 129 Å². The van der Waals surface area contributed by atoms with Crippen molar-refractivity contribution in [2.24, 2.45) is 0 Å². The van der Waals surface area contributed by atoms with Gasteiger partial charge < -0.3 is 10.6 Å². The quantitative estimate of drug-likeness (QED) is 0.890. The molecule has 22 heavy (non-hydrogen) atoms. The Hall–Kier alpha value is -2.69. The summed E-state index contributed by atoms with van der Waals surface area (Å²) < 4.78 is 0. The summed E-state index contributed by atoms with van der Waals surface area (Å²) in [5.41, 5.74) is 2.46. The van der Waals surface area contributed by atoms with E-state index in [4.69, 9.17) is 0 Å². The molecule has 0 radical (unpaired) electrons. The maximum Gasteiger partial charge on any atom is 0.251 e. The molecular formula is C17H19N3O2. The molecule has 0 aliphatic rings. The highest BCUT2D eigenvalue weighted by Crippen LogP contribution is 2.05. The van der Waals surface area contributed by atoms with Crippen LogP contribution in [0.25, 0.3) is 0 Å². The van der Waals surface area contributed by atoms with Gasteiger partial charge in [0.25, 0.3) is 5.91 Å². The van der Waals surface area contributed by atoms with Gasteiger partial charge in [0.2, 0.25) is 5.91 Å². The Morgan fingerprint density at radius 3 is 2.59 bits per heavy atom. The number of hydrogen-bond donors (Lipinski definition) is 2. The summed E-state index contributed by atoms with van der Waals surface area (Å²) in [6, 6.07) is 12.7. The first-order valence-electron chi connectivity index (χ1n) is 7.13. The maximum atomic E-state index is 11.9. The van der Waals surface area contributed by atoms with Gasteiger partial charge in [0.1, 0.15) is 5.82 Å². The number of nitrogens with zero attached hydrogens (tertiary/aromatic N) is 1. The highest BCUT2D eigenvalue weighted by molar-refractivity contribution is 5.95. The summed E-state index contributed by atoms with van der Waals surface area (Å²) >= 11 is 0. The average molecular weight is 297 g/mol. The van der Waals surface area contributed by atoms with Gasteiger partial charge in [-0.3, -0.25) is 9.59 Å². The fraction of sp³-hybridized carbons (Fsp3) is 0.235. The third kappa shape index (κ3) is 4.70. The number of amides is 2. The van der Waals surface area contributed by atoms with Crippen LogP contribution in [-0.4, -0.2) is 23.3 Å². The van der Waals surface area contributed by atoms with Crippen molar-refractivity contribution in [1.82, 2.24) is 10.3 Å². The van der Waals surface area contributed by atoms with Crippen molar-refractivity contribution >= 4 is 17.6 Å². The van der Waals surface area contributed by atoms with Crippen LogP contribution in [0.1, 0.15) is 28.0 Å². The number of benzene rings is 1. The minimum atomic E-state index is -0.178. The van der Waals surface area contributed by atoms with Gasteiger partial charge >= 0.3 is 0 Å².